The molecule has 0 amide bonds. The van der Waals surface area contributed by atoms with E-state index >= 15 is 0 Å². The summed E-state index contributed by atoms with van der Waals surface area (Å²) in [5.74, 6) is 0.646. The zero-order chi connectivity index (χ0) is 14.7. The van der Waals surface area contributed by atoms with E-state index < -0.39 is 0 Å². The van der Waals surface area contributed by atoms with Crippen molar-refractivity contribution in [1.29, 1.82) is 0 Å². The van der Waals surface area contributed by atoms with Crippen LogP contribution in [-0.4, -0.2) is 24.1 Å². The molecule has 1 aliphatic rings. The van der Waals surface area contributed by atoms with Gasteiger partial charge in [0.05, 0.1) is 5.69 Å². The van der Waals surface area contributed by atoms with Crippen LogP contribution in [0, 0.1) is 0 Å². The highest BCUT2D eigenvalue weighted by Gasteiger charge is 2.25. The van der Waals surface area contributed by atoms with Gasteiger partial charge in [-0.1, -0.05) is 44.2 Å². The zero-order valence-corrected chi connectivity index (χ0v) is 13.6. The van der Waals surface area contributed by atoms with Gasteiger partial charge >= 0.3 is 0 Å². The van der Waals surface area contributed by atoms with Crippen LogP contribution in [0.4, 0.5) is 5.13 Å². The molecular formula is C17H23N3S. The molecule has 0 spiro atoms. The second-order valence-corrected chi connectivity index (χ2v) is 6.84. The molecule has 0 saturated carbocycles. The van der Waals surface area contributed by atoms with Crippen LogP contribution >= 0.6 is 11.3 Å². The van der Waals surface area contributed by atoms with Gasteiger partial charge in [0.2, 0.25) is 0 Å². The maximum absolute atomic E-state index is 4.77. The predicted octanol–water partition coefficient (Wildman–Crippen LogP) is 3.64. The summed E-state index contributed by atoms with van der Waals surface area (Å²) < 4.78 is 0. The third-order valence-corrected chi connectivity index (χ3v) is 4.91. The number of anilines is 1. The Hall–Kier alpha value is -1.39. The Labute approximate surface area is 131 Å². The molecule has 0 aliphatic carbocycles. The first-order valence-electron chi connectivity index (χ1n) is 7.70. The Balaban J connectivity index is 1.61. The molecule has 1 atom stereocenters. The second kappa shape index (κ2) is 6.58. The molecule has 3 nitrogen and oxygen atoms in total. The minimum Gasteiger partial charge on any atom is -0.347 e. The highest BCUT2D eigenvalue weighted by molar-refractivity contribution is 7.13. The summed E-state index contributed by atoms with van der Waals surface area (Å²) in [5.41, 5.74) is 2.62. The first-order valence-corrected chi connectivity index (χ1v) is 8.58. The average molecular weight is 301 g/mol. The fraction of sp³-hybridized carbons (Fsp3) is 0.471. The molecule has 1 unspecified atom stereocenters. The van der Waals surface area contributed by atoms with Crippen molar-refractivity contribution in [2.75, 3.05) is 18.0 Å². The lowest BCUT2D eigenvalue weighted by Crippen LogP contribution is -2.22. The van der Waals surface area contributed by atoms with Crippen molar-refractivity contribution in [2.45, 2.75) is 38.8 Å². The van der Waals surface area contributed by atoms with Crippen LogP contribution < -0.4 is 10.2 Å². The molecule has 1 N–H and O–H groups in total. The quantitative estimate of drug-likeness (QED) is 0.914. The summed E-state index contributed by atoms with van der Waals surface area (Å²) in [6, 6.07) is 11.4. The molecule has 112 valence electrons. The van der Waals surface area contributed by atoms with Crippen molar-refractivity contribution in [1.82, 2.24) is 10.3 Å². The fourth-order valence-electron chi connectivity index (χ4n) is 2.76. The van der Waals surface area contributed by atoms with E-state index in [0.717, 1.165) is 25.3 Å². The number of rotatable bonds is 5. The minimum atomic E-state index is 0.504. The zero-order valence-electron chi connectivity index (χ0n) is 12.7. The van der Waals surface area contributed by atoms with E-state index in [1.165, 1.54) is 17.1 Å². The Kier molecular flexibility index (Phi) is 4.56. The summed E-state index contributed by atoms with van der Waals surface area (Å²) in [6.45, 7) is 7.40. The van der Waals surface area contributed by atoms with Crippen LogP contribution in [0.5, 0.6) is 0 Å². The Morgan fingerprint density at radius 2 is 2.14 bits per heavy atom. The van der Waals surface area contributed by atoms with Crippen molar-refractivity contribution in [2.24, 2.45) is 0 Å². The predicted molar refractivity (Wildman–Crippen MR) is 90.1 cm³/mol. The van der Waals surface area contributed by atoms with Crippen LogP contribution in [0.15, 0.2) is 35.7 Å². The third kappa shape index (κ3) is 3.63. The van der Waals surface area contributed by atoms with E-state index in [-0.39, 0.29) is 0 Å². The first kappa shape index (κ1) is 14.5. The smallest absolute Gasteiger partial charge is 0.185 e. The van der Waals surface area contributed by atoms with Gasteiger partial charge < -0.3 is 10.2 Å². The van der Waals surface area contributed by atoms with Gasteiger partial charge in [0, 0.05) is 37.0 Å². The highest BCUT2D eigenvalue weighted by atomic mass is 32.1. The largest absolute Gasteiger partial charge is 0.347 e. The van der Waals surface area contributed by atoms with Crippen molar-refractivity contribution in [3.05, 3.63) is 47.0 Å². The average Bonchev–Trinajstić information content (AvgIpc) is 3.15. The second-order valence-electron chi connectivity index (χ2n) is 6.00. The minimum absolute atomic E-state index is 0.504. The standard InChI is InChI=1S/C17H23N3S/c1-13(2)18-10-16-12-21-17(19-16)20-9-8-15(11-20)14-6-4-3-5-7-14/h3-7,12-13,15,18H,8-11H2,1-2H3. The maximum Gasteiger partial charge on any atom is 0.185 e. The number of nitrogens with zero attached hydrogens (tertiary/aromatic N) is 2. The number of hydrogen-bond acceptors (Lipinski definition) is 4. The normalized spacial score (nSPS) is 18.6. The molecule has 0 radical (unpaired) electrons. The van der Waals surface area contributed by atoms with E-state index in [1.54, 1.807) is 11.3 Å². The van der Waals surface area contributed by atoms with Gasteiger partial charge in [-0.2, -0.15) is 0 Å². The molecule has 1 fully saturated rings. The van der Waals surface area contributed by atoms with Gasteiger partial charge in [-0.05, 0) is 12.0 Å². The van der Waals surface area contributed by atoms with Crippen LogP contribution in [-0.2, 0) is 6.54 Å². The van der Waals surface area contributed by atoms with E-state index in [4.69, 9.17) is 4.98 Å². The van der Waals surface area contributed by atoms with Crippen molar-refractivity contribution in [3.63, 3.8) is 0 Å². The van der Waals surface area contributed by atoms with Crippen LogP contribution in [0.1, 0.15) is 37.4 Å². The lowest BCUT2D eigenvalue weighted by molar-refractivity contribution is 0.583. The third-order valence-electron chi connectivity index (χ3n) is 3.96. The molecule has 1 aliphatic heterocycles. The van der Waals surface area contributed by atoms with Crippen LogP contribution in [0.2, 0.25) is 0 Å². The highest BCUT2D eigenvalue weighted by Crippen LogP contribution is 2.32. The molecule has 4 heteroatoms. The summed E-state index contributed by atoms with van der Waals surface area (Å²) >= 11 is 1.77. The van der Waals surface area contributed by atoms with Gasteiger partial charge in [0.15, 0.2) is 5.13 Å². The molecule has 0 bridgehead atoms. The molecule has 1 aromatic carbocycles. The number of thiazole rings is 1. The number of aromatic nitrogens is 1. The topological polar surface area (TPSA) is 28.2 Å². The van der Waals surface area contributed by atoms with Gasteiger partial charge in [-0.15, -0.1) is 11.3 Å². The van der Waals surface area contributed by atoms with Gasteiger partial charge in [-0.3, -0.25) is 0 Å². The lowest BCUT2D eigenvalue weighted by Gasteiger charge is -2.15. The first-order chi connectivity index (χ1) is 10.2. The fourth-order valence-corrected chi connectivity index (χ4v) is 3.63. The number of benzene rings is 1. The van der Waals surface area contributed by atoms with E-state index in [0.29, 0.717) is 12.0 Å². The van der Waals surface area contributed by atoms with Crippen molar-refractivity contribution < 1.29 is 0 Å². The molecule has 21 heavy (non-hydrogen) atoms. The SMILES string of the molecule is CC(C)NCc1csc(N2CCC(c3ccccc3)C2)n1. The van der Waals surface area contributed by atoms with Gasteiger partial charge in [0.25, 0.3) is 0 Å². The summed E-state index contributed by atoms with van der Waals surface area (Å²) in [6.07, 6.45) is 1.23. The summed E-state index contributed by atoms with van der Waals surface area (Å²) in [5, 5.41) is 6.78. The van der Waals surface area contributed by atoms with Crippen molar-refractivity contribution in [3.8, 4) is 0 Å². The maximum atomic E-state index is 4.77. The molecule has 2 heterocycles. The molecule has 1 saturated heterocycles. The molecule has 3 rings (SSSR count). The summed E-state index contributed by atoms with van der Waals surface area (Å²) in [4.78, 5) is 7.21. The number of nitrogens with one attached hydrogen (secondary N) is 1. The Morgan fingerprint density at radius 1 is 1.33 bits per heavy atom. The summed E-state index contributed by atoms with van der Waals surface area (Å²) in [7, 11) is 0. The molecule has 1 aromatic heterocycles. The van der Waals surface area contributed by atoms with Gasteiger partial charge in [0.1, 0.15) is 0 Å². The van der Waals surface area contributed by atoms with E-state index in [2.05, 4.69) is 59.8 Å². The lowest BCUT2D eigenvalue weighted by atomic mass is 9.99. The van der Waals surface area contributed by atoms with Gasteiger partial charge in [-0.25, -0.2) is 4.98 Å². The Bertz CT molecular complexity index is 564. The monoisotopic (exact) mass is 301 g/mol. The van der Waals surface area contributed by atoms with Crippen LogP contribution in [0.25, 0.3) is 0 Å². The molecule has 2 aromatic rings. The Morgan fingerprint density at radius 3 is 2.90 bits per heavy atom. The van der Waals surface area contributed by atoms with E-state index in [9.17, 15) is 0 Å². The van der Waals surface area contributed by atoms with Crippen molar-refractivity contribution >= 4 is 16.5 Å². The van der Waals surface area contributed by atoms with Crippen LogP contribution in [0.3, 0.4) is 0 Å². The number of hydrogen-bond donors (Lipinski definition) is 1. The molecular weight excluding hydrogens is 278 g/mol. The van der Waals surface area contributed by atoms with E-state index in [1.807, 2.05) is 0 Å².